The van der Waals surface area contributed by atoms with E-state index in [1.165, 1.54) is 0 Å². The lowest BCUT2D eigenvalue weighted by Gasteiger charge is -2.02. The molecule has 1 heterocycles. The maximum atomic E-state index is 8.80. The number of aromatic nitrogens is 1. The van der Waals surface area contributed by atoms with Crippen LogP contribution in [0.5, 0.6) is 0 Å². The molecule has 0 amide bonds. The molecule has 0 radical (unpaired) electrons. The molecule has 0 saturated heterocycles. The monoisotopic (exact) mass is 222 g/mol. The van der Waals surface area contributed by atoms with E-state index in [1.807, 2.05) is 24.3 Å². The van der Waals surface area contributed by atoms with Gasteiger partial charge in [-0.2, -0.15) is 5.26 Å². The van der Waals surface area contributed by atoms with Gasteiger partial charge in [0.1, 0.15) is 16.8 Å². The van der Waals surface area contributed by atoms with Gasteiger partial charge in [0.25, 0.3) is 0 Å². The fourth-order valence-corrected chi connectivity index (χ4v) is 1.81. The third kappa shape index (κ3) is 1.31. The Bertz CT molecular complexity index is 544. The van der Waals surface area contributed by atoms with E-state index in [1.54, 1.807) is 6.07 Å². The molecule has 1 aromatic carbocycles. The number of pyridine rings is 1. The van der Waals surface area contributed by atoms with Crippen molar-refractivity contribution < 1.29 is 0 Å². The van der Waals surface area contributed by atoms with Crippen molar-refractivity contribution in [3.63, 3.8) is 0 Å². The summed E-state index contributed by atoms with van der Waals surface area (Å²) in [5.41, 5.74) is 0.925. The van der Waals surface area contributed by atoms with Crippen LogP contribution < -0.4 is 0 Å². The van der Waals surface area contributed by atoms with Crippen molar-refractivity contribution in [2.24, 2.45) is 0 Å². The molecule has 1 aromatic heterocycles. The van der Waals surface area contributed by atoms with Gasteiger partial charge in [0.2, 0.25) is 0 Å². The predicted molar refractivity (Wildman–Crippen MR) is 56.5 cm³/mol. The van der Waals surface area contributed by atoms with Crippen molar-refractivity contribution in [1.29, 1.82) is 5.26 Å². The topological polar surface area (TPSA) is 36.7 Å². The fourth-order valence-electron chi connectivity index (χ4n) is 1.24. The second-order valence-corrected chi connectivity index (χ2v) is 3.46. The molecule has 0 aliphatic heterocycles. The molecular weight excluding hydrogens is 219 g/mol. The van der Waals surface area contributed by atoms with Gasteiger partial charge in [-0.1, -0.05) is 41.4 Å². The molecule has 0 spiro atoms. The largest absolute Gasteiger partial charge is 0.235 e. The van der Waals surface area contributed by atoms with E-state index in [4.69, 9.17) is 28.5 Å². The zero-order valence-corrected chi connectivity index (χ0v) is 8.47. The first-order valence-corrected chi connectivity index (χ1v) is 4.63. The SMILES string of the molecule is N#Cc1c(Cl)nc2ccccc2c1Cl. The molecule has 0 N–H and O–H groups in total. The van der Waals surface area contributed by atoms with Crippen LogP contribution in [-0.4, -0.2) is 4.98 Å². The summed E-state index contributed by atoms with van der Waals surface area (Å²) in [7, 11) is 0. The number of hydrogen-bond acceptors (Lipinski definition) is 2. The summed E-state index contributed by atoms with van der Waals surface area (Å²) in [4.78, 5) is 4.07. The molecular formula is C10H4Cl2N2. The van der Waals surface area contributed by atoms with Crippen LogP contribution in [0, 0.1) is 11.3 Å². The number of nitrogens with zero attached hydrogens (tertiary/aromatic N) is 2. The van der Waals surface area contributed by atoms with E-state index in [9.17, 15) is 0 Å². The summed E-state index contributed by atoms with van der Waals surface area (Å²) in [5.74, 6) is 0. The third-order valence-corrected chi connectivity index (χ3v) is 2.56. The average molecular weight is 223 g/mol. The van der Waals surface area contributed by atoms with Gasteiger partial charge < -0.3 is 0 Å². The number of rotatable bonds is 0. The Morgan fingerprint density at radius 1 is 1.21 bits per heavy atom. The van der Waals surface area contributed by atoms with Gasteiger partial charge in [-0.25, -0.2) is 4.98 Å². The van der Waals surface area contributed by atoms with E-state index in [-0.39, 0.29) is 10.7 Å². The van der Waals surface area contributed by atoms with Crippen LogP contribution in [-0.2, 0) is 0 Å². The van der Waals surface area contributed by atoms with Crippen LogP contribution in [0.25, 0.3) is 10.9 Å². The molecule has 2 rings (SSSR count). The molecule has 0 fully saturated rings. The maximum absolute atomic E-state index is 8.80. The molecule has 4 heteroatoms. The standard InChI is InChI=1S/C10H4Cl2N2/c11-9-6-3-1-2-4-8(6)14-10(12)7(9)5-13/h1-4H. The van der Waals surface area contributed by atoms with Gasteiger partial charge in [0.05, 0.1) is 10.5 Å². The van der Waals surface area contributed by atoms with E-state index in [0.29, 0.717) is 10.5 Å². The molecule has 0 bridgehead atoms. The summed E-state index contributed by atoms with van der Waals surface area (Å²) in [6.45, 7) is 0. The van der Waals surface area contributed by atoms with Gasteiger partial charge in [-0.15, -0.1) is 0 Å². The Morgan fingerprint density at radius 3 is 2.64 bits per heavy atom. The van der Waals surface area contributed by atoms with Crippen molar-refractivity contribution in [3.8, 4) is 6.07 Å². The number of benzene rings is 1. The van der Waals surface area contributed by atoms with Crippen LogP contribution in [0.4, 0.5) is 0 Å². The highest BCUT2D eigenvalue weighted by atomic mass is 35.5. The quantitative estimate of drug-likeness (QED) is 0.641. The lowest BCUT2D eigenvalue weighted by molar-refractivity contribution is 1.37. The lowest BCUT2D eigenvalue weighted by atomic mass is 10.2. The van der Waals surface area contributed by atoms with Gasteiger partial charge in [-0.05, 0) is 6.07 Å². The fraction of sp³-hybridized carbons (Fsp3) is 0. The molecule has 0 saturated carbocycles. The minimum Gasteiger partial charge on any atom is -0.235 e. The number of fused-ring (bicyclic) bond motifs is 1. The summed E-state index contributed by atoms with van der Waals surface area (Å²) >= 11 is 11.8. The molecule has 2 aromatic rings. The van der Waals surface area contributed by atoms with Gasteiger partial charge in [0.15, 0.2) is 0 Å². The lowest BCUT2D eigenvalue weighted by Crippen LogP contribution is -1.87. The van der Waals surface area contributed by atoms with Gasteiger partial charge >= 0.3 is 0 Å². The van der Waals surface area contributed by atoms with Gasteiger partial charge in [-0.3, -0.25) is 0 Å². The first kappa shape index (κ1) is 9.26. The number of halogens is 2. The van der Waals surface area contributed by atoms with E-state index in [0.717, 1.165) is 5.39 Å². The van der Waals surface area contributed by atoms with Crippen LogP contribution in [0.1, 0.15) is 5.56 Å². The normalized spacial score (nSPS) is 10.1. The minimum absolute atomic E-state index is 0.149. The Hall–Kier alpha value is -1.30. The highest BCUT2D eigenvalue weighted by molar-refractivity contribution is 6.39. The second-order valence-electron chi connectivity index (χ2n) is 2.72. The highest BCUT2D eigenvalue weighted by Crippen LogP contribution is 2.29. The molecule has 0 unspecified atom stereocenters. The van der Waals surface area contributed by atoms with Crippen molar-refractivity contribution in [2.75, 3.05) is 0 Å². The van der Waals surface area contributed by atoms with Crippen LogP contribution in [0.2, 0.25) is 10.2 Å². The van der Waals surface area contributed by atoms with Crippen molar-refractivity contribution >= 4 is 34.1 Å². The molecule has 0 aliphatic rings. The Balaban J connectivity index is 2.95. The number of nitriles is 1. The molecule has 68 valence electrons. The van der Waals surface area contributed by atoms with Crippen LogP contribution >= 0.6 is 23.2 Å². The first-order valence-electron chi connectivity index (χ1n) is 3.88. The molecule has 0 atom stereocenters. The minimum atomic E-state index is 0.149. The Kier molecular flexibility index (Phi) is 2.28. The zero-order chi connectivity index (χ0) is 10.1. The predicted octanol–water partition coefficient (Wildman–Crippen LogP) is 3.41. The summed E-state index contributed by atoms with van der Waals surface area (Å²) in [6, 6.07) is 9.22. The molecule has 2 nitrogen and oxygen atoms in total. The second kappa shape index (κ2) is 3.45. The molecule has 14 heavy (non-hydrogen) atoms. The van der Waals surface area contributed by atoms with Crippen molar-refractivity contribution in [1.82, 2.24) is 4.98 Å². The van der Waals surface area contributed by atoms with Crippen LogP contribution in [0.15, 0.2) is 24.3 Å². The first-order chi connectivity index (χ1) is 6.74. The van der Waals surface area contributed by atoms with Crippen molar-refractivity contribution in [3.05, 3.63) is 40.0 Å². The third-order valence-electron chi connectivity index (χ3n) is 1.90. The zero-order valence-electron chi connectivity index (χ0n) is 6.96. The summed E-state index contributed by atoms with van der Waals surface area (Å²) in [5, 5.41) is 10.1. The van der Waals surface area contributed by atoms with Crippen LogP contribution in [0.3, 0.4) is 0 Å². The van der Waals surface area contributed by atoms with E-state index < -0.39 is 0 Å². The number of para-hydroxylation sites is 1. The van der Waals surface area contributed by atoms with E-state index in [2.05, 4.69) is 4.98 Å². The van der Waals surface area contributed by atoms with Gasteiger partial charge in [0, 0.05) is 5.39 Å². The van der Waals surface area contributed by atoms with Crippen molar-refractivity contribution in [2.45, 2.75) is 0 Å². The number of hydrogen-bond donors (Lipinski definition) is 0. The van der Waals surface area contributed by atoms with E-state index >= 15 is 0 Å². The smallest absolute Gasteiger partial charge is 0.149 e. The summed E-state index contributed by atoms with van der Waals surface area (Å²) < 4.78 is 0. The highest BCUT2D eigenvalue weighted by Gasteiger charge is 2.10. The average Bonchev–Trinajstić information content (AvgIpc) is 2.18. The summed E-state index contributed by atoms with van der Waals surface area (Å²) in [6.07, 6.45) is 0. The maximum Gasteiger partial charge on any atom is 0.149 e. The molecule has 0 aliphatic carbocycles. The Labute approximate surface area is 90.7 Å². The Morgan fingerprint density at radius 2 is 1.93 bits per heavy atom.